The highest BCUT2D eigenvalue weighted by atomic mass is 127. The van der Waals surface area contributed by atoms with Crippen LogP contribution < -0.4 is 10.6 Å². The van der Waals surface area contributed by atoms with E-state index in [9.17, 15) is 9.59 Å². The summed E-state index contributed by atoms with van der Waals surface area (Å²) in [5.41, 5.74) is 1.76. The molecule has 2 fully saturated rings. The van der Waals surface area contributed by atoms with E-state index >= 15 is 0 Å². The van der Waals surface area contributed by atoms with Gasteiger partial charge in [-0.1, -0.05) is 19.1 Å². The lowest BCUT2D eigenvalue weighted by Crippen LogP contribution is -2.45. The van der Waals surface area contributed by atoms with Crippen LogP contribution in [-0.4, -0.2) is 66.3 Å². The van der Waals surface area contributed by atoms with E-state index in [-0.39, 0.29) is 41.8 Å². The van der Waals surface area contributed by atoms with Crippen molar-refractivity contribution in [2.24, 2.45) is 4.99 Å². The zero-order valence-electron chi connectivity index (χ0n) is 18.7. The number of guanidine groups is 1. The molecule has 8 heteroatoms. The lowest BCUT2D eigenvalue weighted by atomic mass is 10.1. The largest absolute Gasteiger partial charge is 0.357 e. The fourth-order valence-electron chi connectivity index (χ4n) is 4.09. The van der Waals surface area contributed by atoms with Crippen molar-refractivity contribution in [1.82, 2.24) is 20.4 Å². The standard InChI is InChI=1S/C23H35N5O2.HI/c1-3-21(29)28-14-11-20(17-28)26-23(24-4-2)25-16-18-9-8-10-19(15-18)22(30)27-12-6-5-7-13-27;/h8-10,15,20H,3-7,11-14,16-17H2,1-2H3,(H2,24,25,26);1H. The van der Waals surface area contributed by atoms with Crippen LogP contribution in [0.15, 0.2) is 29.3 Å². The van der Waals surface area contributed by atoms with Crippen LogP contribution in [0.4, 0.5) is 0 Å². The first-order valence-electron chi connectivity index (χ1n) is 11.3. The van der Waals surface area contributed by atoms with Crippen molar-refractivity contribution in [2.75, 3.05) is 32.7 Å². The SMILES string of the molecule is CCNC(=NCc1cccc(C(=O)N2CCCCC2)c1)NC1CCN(C(=O)CC)C1.I. The molecular formula is C23H36IN5O2. The van der Waals surface area contributed by atoms with Crippen LogP contribution in [0.1, 0.15) is 61.9 Å². The maximum Gasteiger partial charge on any atom is 0.253 e. The first-order chi connectivity index (χ1) is 14.6. The molecule has 2 amide bonds. The molecule has 1 aromatic rings. The lowest BCUT2D eigenvalue weighted by molar-refractivity contribution is -0.129. The van der Waals surface area contributed by atoms with E-state index in [4.69, 9.17) is 4.99 Å². The maximum atomic E-state index is 12.8. The zero-order valence-corrected chi connectivity index (χ0v) is 21.1. The van der Waals surface area contributed by atoms with Gasteiger partial charge in [-0.25, -0.2) is 4.99 Å². The van der Waals surface area contributed by atoms with Gasteiger partial charge in [0.15, 0.2) is 5.96 Å². The van der Waals surface area contributed by atoms with Crippen molar-refractivity contribution in [1.29, 1.82) is 0 Å². The quantitative estimate of drug-likeness (QED) is 0.330. The molecule has 7 nitrogen and oxygen atoms in total. The maximum absolute atomic E-state index is 12.8. The van der Waals surface area contributed by atoms with Gasteiger partial charge in [-0.05, 0) is 50.3 Å². The summed E-state index contributed by atoms with van der Waals surface area (Å²) >= 11 is 0. The topological polar surface area (TPSA) is 77.0 Å². The Balaban J connectivity index is 0.00000341. The van der Waals surface area contributed by atoms with Crippen molar-refractivity contribution >= 4 is 41.8 Å². The Labute approximate surface area is 203 Å². The highest BCUT2D eigenvalue weighted by Crippen LogP contribution is 2.15. The number of hydrogen-bond donors (Lipinski definition) is 2. The van der Waals surface area contributed by atoms with Crippen LogP contribution >= 0.6 is 24.0 Å². The number of amides is 2. The Morgan fingerprint density at radius 2 is 1.87 bits per heavy atom. The van der Waals surface area contributed by atoms with Gasteiger partial charge in [0.1, 0.15) is 0 Å². The van der Waals surface area contributed by atoms with Gasteiger partial charge < -0.3 is 20.4 Å². The summed E-state index contributed by atoms with van der Waals surface area (Å²) in [6.45, 7) is 8.43. The van der Waals surface area contributed by atoms with E-state index in [1.54, 1.807) is 0 Å². The summed E-state index contributed by atoms with van der Waals surface area (Å²) in [7, 11) is 0. The molecule has 0 aromatic heterocycles. The number of nitrogens with one attached hydrogen (secondary N) is 2. The third kappa shape index (κ3) is 7.36. The van der Waals surface area contributed by atoms with E-state index < -0.39 is 0 Å². The number of nitrogens with zero attached hydrogens (tertiary/aromatic N) is 3. The van der Waals surface area contributed by atoms with Gasteiger partial charge in [0.2, 0.25) is 5.91 Å². The van der Waals surface area contributed by atoms with E-state index in [1.165, 1.54) is 6.42 Å². The molecule has 0 saturated carbocycles. The molecule has 2 N–H and O–H groups in total. The number of aliphatic imine (C=N–C) groups is 1. The third-order valence-electron chi connectivity index (χ3n) is 5.77. The van der Waals surface area contributed by atoms with E-state index in [0.29, 0.717) is 13.0 Å². The Hall–Kier alpha value is -1.84. The number of hydrogen-bond acceptors (Lipinski definition) is 3. The van der Waals surface area contributed by atoms with Gasteiger partial charge in [0.05, 0.1) is 6.54 Å². The third-order valence-corrected chi connectivity index (χ3v) is 5.77. The molecule has 1 unspecified atom stereocenters. The van der Waals surface area contributed by atoms with Crippen molar-refractivity contribution in [3.63, 3.8) is 0 Å². The number of rotatable bonds is 6. The molecule has 0 radical (unpaired) electrons. The predicted molar refractivity (Wildman–Crippen MR) is 135 cm³/mol. The van der Waals surface area contributed by atoms with Crippen LogP contribution in [0.3, 0.4) is 0 Å². The fourth-order valence-corrected chi connectivity index (χ4v) is 4.09. The van der Waals surface area contributed by atoms with Gasteiger partial charge in [-0.2, -0.15) is 0 Å². The van der Waals surface area contributed by atoms with Gasteiger partial charge in [0, 0.05) is 50.7 Å². The van der Waals surface area contributed by atoms with Crippen LogP contribution in [0, 0.1) is 0 Å². The highest BCUT2D eigenvalue weighted by Gasteiger charge is 2.25. The first-order valence-corrected chi connectivity index (χ1v) is 11.3. The molecule has 0 aliphatic carbocycles. The van der Waals surface area contributed by atoms with Gasteiger partial charge in [-0.3, -0.25) is 9.59 Å². The van der Waals surface area contributed by atoms with Crippen LogP contribution in [-0.2, 0) is 11.3 Å². The number of benzene rings is 1. The lowest BCUT2D eigenvalue weighted by Gasteiger charge is -2.26. The highest BCUT2D eigenvalue weighted by molar-refractivity contribution is 14.0. The van der Waals surface area contributed by atoms with Crippen LogP contribution in [0.5, 0.6) is 0 Å². The van der Waals surface area contributed by atoms with E-state index in [1.807, 2.05) is 47.9 Å². The molecule has 31 heavy (non-hydrogen) atoms. The molecular weight excluding hydrogens is 505 g/mol. The minimum absolute atomic E-state index is 0. The zero-order chi connectivity index (χ0) is 21.3. The molecule has 2 aliphatic rings. The molecule has 2 aliphatic heterocycles. The minimum atomic E-state index is 0. The molecule has 0 spiro atoms. The van der Waals surface area contributed by atoms with E-state index in [0.717, 1.165) is 69.1 Å². The van der Waals surface area contributed by atoms with Crippen LogP contribution in [0.25, 0.3) is 0 Å². The average molecular weight is 541 g/mol. The van der Waals surface area contributed by atoms with Crippen molar-refractivity contribution in [2.45, 2.75) is 58.5 Å². The van der Waals surface area contributed by atoms with Crippen molar-refractivity contribution in [3.8, 4) is 0 Å². The summed E-state index contributed by atoms with van der Waals surface area (Å²) in [5, 5.41) is 6.74. The Morgan fingerprint density at radius 1 is 1.10 bits per heavy atom. The molecule has 2 saturated heterocycles. The number of carbonyl (C=O) groups is 2. The summed E-state index contributed by atoms with van der Waals surface area (Å²) in [4.78, 5) is 33.3. The first kappa shape index (κ1) is 25.4. The van der Waals surface area contributed by atoms with E-state index in [2.05, 4.69) is 10.6 Å². The van der Waals surface area contributed by atoms with Gasteiger partial charge in [-0.15, -0.1) is 24.0 Å². The summed E-state index contributed by atoms with van der Waals surface area (Å²) in [5.74, 6) is 1.08. The molecule has 1 atom stereocenters. The Bertz CT molecular complexity index is 764. The van der Waals surface area contributed by atoms with Crippen molar-refractivity contribution in [3.05, 3.63) is 35.4 Å². The normalized spacial score (nSPS) is 19.0. The second-order valence-corrected chi connectivity index (χ2v) is 8.07. The molecule has 172 valence electrons. The van der Waals surface area contributed by atoms with Crippen molar-refractivity contribution < 1.29 is 9.59 Å². The molecule has 1 aromatic carbocycles. The predicted octanol–water partition coefficient (Wildman–Crippen LogP) is 3.00. The molecule has 2 heterocycles. The molecule has 3 rings (SSSR count). The summed E-state index contributed by atoms with van der Waals surface area (Å²) < 4.78 is 0. The number of carbonyl (C=O) groups excluding carboxylic acids is 2. The average Bonchev–Trinajstić information content (AvgIpc) is 3.26. The molecule has 0 bridgehead atoms. The summed E-state index contributed by atoms with van der Waals surface area (Å²) in [6, 6.07) is 8.02. The number of likely N-dealkylation sites (tertiary alicyclic amines) is 2. The van der Waals surface area contributed by atoms with Crippen LogP contribution in [0.2, 0.25) is 0 Å². The Kier molecular flexibility index (Phi) is 10.6. The summed E-state index contributed by atoms with van der Waals surface area (Å²) in [6.07, 6.45) is 4.87. The fraction of sp³-hybridized carbons (Fsp3) is 0.609. The second-order valence-electron chi connectivity index (χ2n) is 8.07. The van der Waals surface area contributed by atoms with Gasteiger partial charge >= 0.3 is 0 Å². The number of halogens is 1. The van der Waals surface area contributed by atoms with Gasteiger partial charge in [0.25, 0.3) is 5.91 Å². The minimum Gasteiger partial charge on any atom is -0.357 e. The Morgan fingerprint density at radius 3 is 2.58 bits per heavy atom. The smallest absolute Gasteiger partial charge is 0.253 e. The monoisotopic (exact) mass is 541 g/mol. The number of piperidine rings is 1. The second kappa shape index (κ2) is 12.9.